The highest BCUT2D eigenvalue weighted by atomic mass is 35.5. The van der Waals surface area contributed by atoms with Crippen molar-refractivity contribution in [1.29, 1.82) is 10.5 Å². The number of nitrogens with zero attached hydrogens (tertiary/aromatic N) is 3. The number of ether oxygens (including phenoxy) is 1. The summed E-state index contributed by atoms with van der Waals surface area (Å²) in [4.78, 5) is 16.8. The molecular formula is C24H20ClN5O2S. The Morgan fingerprint density at radius 1 is 1.21 bits per heavy atom. The van der Waals surface area contributed by atoms with E-state index < -0.39 is 0 Å². The quantitative estimate of drug-likeness (QED) is 0.450. The number of aryl methyl sites for hydroxylation is 1. The molecule has 9 heteroatoms. The number of nitrogens with two attached hydrogens (primary N) is 1. The van der Waals surface area contributed by atoms with Crippen LogP contribution in [0, 0.1) is 29.6 Å². The minimum absolute atomic E-state index is 0.0451. The fourth-order valence-electron chi connectivity index (χ4n) is 3.18. The molecule has 0 aliphatic carbocycles. The summed E-state index contributed by atoms with van der Waals surface area (Å²) in [5.41, 5.74) is 8.92. The lowest BCUT2D eigenvalue weighted by atomic mass is 9.97. The van der Waals surface area contributed by atoms with Crippen molar-refractivity contribution in [1.82, 2.24) is 4.98 Å². The number of methoxy groups -OCH3 is 1. The van der Waals surface area contributed by atoms with Crippen LogP contribution in [0.5, 0.6) is 5.75 Å². The van der Waals surface area contributed by atoms with Gasteiger partial charge in [0.2, 0.25) is 5.91 Å². The van der Waals surface area contributed by atoms with E-state index in [1.807, 2.05) is 25.1 Å². The number of hydrogen-bond donors (Lipinski definition) is 2. The van der Waals surface area contributed by atoms with Gasteiger partial charge in [0.05, 0.1) is 18.4 Å². The molecule has 1 heterocycles. The highest BCUT2D eigenvalue weighted by Crippen LogP contribution is 2.36. The Labute approximate surface area is 201 Å². The van der Waals surface area contributed by atoms with Gasteiger partial charge in [-0.2, -0.15) is 10.5 Å². The third-order valence-corrected chi connectivity index (χ3v) is 6.19. The number of thioether (sulfide) groups is 1. The van der Waals surface area contributed by atoms with E-state index >= 15 is 0 Å². The Kier molecular flexibility index (Phi) is 7.78. The standard InChI is InChI=1S/C24H20ClN5O2S/c1-14-10-19(20(32-2)11-18(14)25)29-21(31)8-9-33-24-17(13-27)22(15-6-4-3-5-7-15)16(12-26)23(28)30-24/h3-7,10-11H,8-9H2,1-2H3,(H2,28,30)(H,29,31). The molecule has 0 saturated heterocycles. The lowest BCUT2D eigenvalue weighted by Crippen LogP contribution is -2.13. The first-order chi connectivity index (χ1) is 15.9. The van der Waals surface area contributed by atoms with Crippen LogP contribution in [0.15, 0.2) is 47.5 Å². The summed E-state index contributed by atoms with van der Waals surface area (Å²) in [5.74, 6) is 0.629. The van der Waals surface area contributed by atoms with Gasteiger partial charge in [0.15, 0.2) is 0 Å². The first-order valence-corrected chi connectivity index (χ1v) is 11.2. The third kappa shape index (κ3) is 5.38. The lowest BCUT2D eigenvalue weighted by molar-refractivity contribution is -0.115. The van der Waals surface area contributed by atoms with Crippen LogP contribution in [-0.4, -0.2) is 23.8 Å². The average Bonchev–Trinajstić information content (AvgIpc) is 2.81. The number of halogens is 1. The lowest BCUT2D eigenvalue weighted by Gasteiger charge is -2.14. The monoisotopic (exact) mass is 477 g/mol. The van der Waals surface area contributed by atoms with Gasteiger partial charge in [0, 0.05) is 28.8 Å². The second-order valence-electron chi connectivity index (χ2n) is 6.97. The molecule has 33 heavy (non-hydrogen) atoms. The molecule has 3 aromatic rings. The summed E-state index contributed by atoms with van der Waals surface area (Å²) in [7, 11) is 1.50. The molecule has 166 valence electrons. The number of amides is 1. The van der Waals surface area contributed by atoms with Gasteiger partial charge in [-0.1, -0.05) is 41.9 Å². The molecule has 0 atom stereocenters. The second-order valence-corrected chi connectivity index (χ2v) is 8.46. The maximum atomic E-state index is 12.5. The van der Waals surface area contributed by atoms with Gasteiger partial charge < -0.3 is 15.8 Å². The van der Waals surface area contributed by atoms with Crippen molar-refractivity contribution < 1.29 is 9.53 Å². The van der Waals surface area contributed by atoms with Gasteiger partial charge in [0.25, 0.3) is 0 Å². The number of hydrogen-bond acceptors (Lipinski definition) is 7. The van der Waals surface area contributed by atoms with E-state index in [1.165, 1.54) is 18.9 Å². The topological polar surface area (TPSA) is 125 Å². The summed E-state index contributed by atoms with van der Waals surface area (Å²) in [6.45, 7) is 1.84. The fourth-order valence-corrected chi connectivity index (χ4v) is 4.27. The largest absolute Gasteiger partial charge is 0.495 e. The predicted molar refractivity (Wildman–Crippen MR) is 130 cm³/mol. The molecule has 1 amide bonds. The SMILES string of the molecule is COc1cc(Cl)c(C)cc1NC(=O)CCSc1nc(N)c(C#N)c(-c2ccccc2)c1C#N. The molecule has 3 rings (SSSR count). The summed E-state index contributed by atoms with van der Waals surface area (Å²) in [6.07, 6.45) is 0.155. The Morgan fingerprint density at radius 2 is 1.91 bits per heavy atom. The number of benzene rings is 2. The smallest absolute Gasteiger partial charge is 0.225 e. The van der Waals surface area contributed by atoms with E-state index in [-0.39, 0.29) is 29.3 Å². The van der Waals surface area contributed by atoms with Gasteiger partial charge in [-0.25, -0.2) is 4.98 Å². The number of nitrogen functional groups attached to an aromatic ring is 1. The van der Waals surface area contributed by atoms with Crippen LogP contribution in [0.1, 0.15) is 23.1 Å². The summed E-state index contributed by atoms with van der Waals surface area (Å²) in [6, 6.07) is 16.7. The van der Waals surface area contributed by atoms with Crippen LogP contribution in [0.4, 0.5) is 11.5 Å². The first-order valence-electron chi connectivity index (χ1n) is 9.85. The zero-order valence-corrected chi connectivity index (χ0v) is 19.5. The molecule has 0 spiro atoms. The van der Waals surface area contributed by atoms with Crippen molar-refractivity contribution in [3.8, 4) is 29.0 Å². The van der Waals surface area contributed by atoms with Crippen molar-refractivity contribution in [3.05, 3.63) is 64.2 Å². The summed E-state index contributed by atoms with van der Waals surface area (Å²) < 4.78 is 5.29. The minimum Gasteiger partial charge on any atom is -0.495 e. The first kappa shape index (κ1) is 23.9. The minimum atomic E-state index is -0.231. The molecule has 0 radical (unpaired) electrons. The number of rotatable bonds is 7. The van der Waals surface area contributed by atoms with Crippen LogP contribution >= 0.6 is 23.4 Å². The second kappa shape index (κ2) is 10.7. The Balaban J connectivity index is 1.79. The highest BCUT2D eigenvalue weighted by Gasteiger charge is 2.20. The number of anilines is 2. The predicted octanol–water partition coefficient (Wildman–Crippen LogP) is 5.17. The molecule has 0 unspecified atom stereocenters. The van der Waals surface area contributed by atoms with E-state index in [9.17, 15) is 15.3 Å². The van der Waals surface area contributed by atoms with Gasteiger partial charge in [-0.15, -0.1) is 11.8 Å². The van der Waals surface area contributed by atoms with E-state index in [0.717, 1.165) is 5.56 Å². The van der Waals surface area contributed by atoms with E-state index in [1.54, 1.807) is 24.3 Å². The molecule has 0 bridgehead atoms. The number of carbonyl (C=O) groups is 1. The zero-order chi connectivity index (χ0) is 24.0. The van der Waals surface area contributed by atoms with Crippen molar-refractivity contribution >= 4 is 40.8 Å². The Morgan fingerprint density at radius 3 is 2.55 bits per heavy atom. The maximum absolute atomic E-state index is 12.5. The van der Waals surface area contributed by atoms with Crippen LogP contribution in [0.3, 0.4) is 0 Å². The molecule has 0 aliphatic rings. The van der Waals surface area contributed by atoms with Crippen LogP contribution in [0.2, 0.25) is 5.02 Å². The average molecular weight is 478 g/mol. The molecule has 7 nitrogen and oxygen atoms in total. The van der Waals surface area contributed by atoms with Crippen LogP contribution < -0.4 is 15.8 Å². The van der Waals surface area contributed by atoms with Gasteiger partial charge >= 0.3 is 0 Å². The molecule has 0 aliphatic heterocycles. The normalized spacial score (nSPS) is 10.2. The number of pyridine rings is 1. The van der Waals surface area contributed by atoms with E-state index in [0.29, 0.717) is 38.4 Å². The van der Waals surface area contributed by atoms with Crippen molar-refractivity contribution in [2.24, 2.45) is 0 Å². The van der Waals surface area contributed by atoms with Gasteiger partial charge in [-0.05, 0) is 24.1 Å². The maximum Gasteiger partial charge on any atom is 0.225 e. The van der Waals surface area contributed by atoms with Gasteiger partial charge in [0.1, 0.15) is 34.3 Å². The van der Waals surface area contributed by atoms with E-state index in [4.69, 9.17) is 22.1 Å². The highest BCUT2D eigenvalue weighted by molar-refractivity contribution is 7.99. The molecule has 0 fully saturated rings. The van der Waals surface area contributed by atoms with Crippen LogP contribution in [0.25, 0.3) is 11.1 Å². The summed E-state index contributed by atoms with van der Waals surface area (Å²) in [5, 5.41) is 23.1. The number of aromatic nitrogens is 1. The molecule has 2 aromatic carbocycles. The number of carbonyl (C=O) groups excluding carboxylic acids is 1. The van der Waals surface area contributed by atoms with Crippen molar-refractivity contribution in [2.45, 2.75) is 18.4 Å². The van der Waals surface area contributed by atoms with Crippen LogP contribution in [-0.2, 0) is 4.79 Å². The zero-order valence-electron chi connectivity index (χ0n) is 18.0. The number of nitrogens with one attached hydrogen (secondary N) is 1. The third-order valence-electron chi connectivity index (χ3n) is 4.80. The Bertz CT molecular complexity index is 1280. The van der Waals surface area contributed by atoms with Gasteiger partial charge in [-0.3, -0.25) is 4.79 Å². The Hall–Kier alpha value is -3.72. The molecule has 0 saturated carbocycles. The van der Waals surface area contributed by atoms with Crippen molar-refractivity contribution in [2.75, 3.05) is 23.9 Å². The summed E-state index contributed by atoms with van der Waals surface area (Å²) >= 11 is 7.34. The van der Waals surface area contributed by atoms with E-state index in [2.05, 4.69) is 22.4 Å². The molecule has 3 N–H and O–H groups in total. The van der Waals surface area contributed by atoms with Crippen molar-refractivity contribution in [3.63, 3.8) is 0 Å². The molecule has 1 aromatic heterocycles. The number of nitriles is 2. The molecular weight excluding hydrogens is 458 g/mol. The fraction of sp³-hybridized carbons (Fsp3) is 0.167.